The van der Waals surface area contributed by atoms with E-state index in [-0.39, 0.29) is 0 Å². The number of rotatable bonds is 2. The van der Waals surface area contributed by atoms with Crippen LogP contribution in [0.5, 0.6) is 0 Å². The molecule has 2 heterocycles. The molecular weight excluding hydrogens is 303 g/mol. The number of hydrogen-bond acceptors (Lipinski definition) is 2. The Morgan fingerprint density at radius 1 is 0.875 bits per heavy atom. The zero-order valence-electron chi connectivity index (χ0n) is 9.94. The molecule has 2 nitrogen and oxygen atoms in total. The van der Waals surface area contributed by atoms with Crippen LogP contribution in [-0.4, -0.2) is 28.3 Å². The van der Waals surface area contributed by atoms with E-state index in [2.05, 4.69) is 31.9 Å². The summed E-state index contributed by atoms with van der Waals surface area (Å²) in [5.74, 6) is 0. The van der Waals surface area contributed by atoms with E-state index in [4.69, 9.17) is 4.98 Å². The van der Waals surface area contributed by atoms with Crippen LogP contribution in [0.2, 0.25) is 14.8 Å². The average Bonchev–Trinajstić information content (AvgIpc) is 2.29. The quantitative estimate of drug-likeness (QED) is 0.796. The van der Waals surface area contributed by atoms with E-state index in [0.29, 0.717) is 0 Å². The van der Waals surface area contributed by atoms with Gasteiger partial charge in [0.05, 0.1) is 0 Å². The van der Waals surface area contributed by atoms with Crippen LogP contribution in [0.1, 0.15) is 0 Å². The van der Waals surface area contributed by atoms with Crippen molar-refractivity contribution in [3.63, 3.8) is 0 Å². The van der Waals surface area contributed by atoms with Crippen molar-refractivity contribution in [2.45, 2.75) is 14.8 Å². The third-order valence-electron chi connectivity index (χ3n) is 2.44. The van der Waals surface area contributed by atoms with Crippen LogP contribution in [0.3, 0.4) is 0 Å². The number of pyridine rings is 2. The first-order valence-electron chi connectivity index (χ1n) is 5.46. The predicted octanol–water partition coefficient (Wildman–Crippen LogP) is 2.69. The summed E-state index contributed by atoms with van der Waals surface area (Å²) in [6.07, 6.45) is 1.81. The summed E-state index contributed by atoms with van der Waals surface area (Å²) in [7, 11) is 0. The molecule has 0 radical (unpaired) electrons. The van der Waals surface area contributed by atoms with Gasteiger partial charge in [0.1, 0.15) is 0 Å². The van der Waals surface area contributed by atoms with Gasteiger partial charge in [0, 0.05) is 0 Å². The Balaban J connectivity index is 2.45. The average molecular weight is 319 g/mol. The van der Waals surface area contributed by atoms with E-state index in [1.807, 2.05) is 30.5 Å². The second kappa shape index (κ2) is 4.53. The fraction of sp³-hybridized carbons (Fsp3) is 0.231. The molecule has 0 saturated heterocycles. The molecule has 0 aliphatic carbocycles. The van der Waals surface area contributed by atoms with Gasteiger partial charge in [-0.05, 0) is 0 Å². The van der Waals surface area contributed by atoms with E-state index < -0.39 is 18.4 Å². The fourth-order valence-corrected chi connectivity index (χ4v) is 4.51. The van der Waals surface area contributed by atoms with Crippen LogP contribution in [0, 0.1) is 0 Å². The molecule has 2 aromatic rings. The van der Waals surface area contributed by atoms with Crippen LogP contribution in [-0.2, 0) is 0 Å². The van der Waals surface area contributed by atoms with Gasteiger partial charge in [-0.1, -0.05) is 0 Å². The molecule has 0 N–H and O–H groups in total. The van der Waals surface area contributed by atoms with Gasteiger partial charge in [0.15, 0.2) is 0 Å². The van der Waals surface area contributed by atoms with Crippen molar-refractivity contribution >= 4 is 22.1 Å². The second-order valence-corrected chi connectivity index (χ2v) is 19.2. The molecule has 82 valence electrons. The van der Waals surface area contributed by atoms with Crippen LogP contribution in [0.15, 0.2) is 42.6 Å². The maximum atomic E-state index is 4.75. The molecule has 0 amide bonds. The molecular formula is C13H16N2Sn. The van der Waals surface area contributed by atoms with Crippen molar-refractivity contribution in [1.29, 1.82) is 0 Å². The Kier molecular flexibility index (Phi) is 3.28. The molecule has 0 spiro atoms. The summed E-state index contributed by atoms with van der Waals surface area (Å²) in [5.41, 5.74) is 1.95. The Bertz CT molecular complexity index is 475. The van der Waals surface area contributed by atoms with E-state index >= 15 is 0 Å². The van der Waals surface area contributed by atoms with Gasteiger partial charge in [0.25, 0.3) is 0 Å². The Morgan fingerprint density at radius 2 is 1.62 bits per heavy atom. The summed E-state index contributed by atoms with van der Waals surface area (Å²) >= 11 is -2.06. The molecule has 0 saturated carbocycles. The molecule has 0 aromatic carbocycles. The number of nitrogens with zero attached hydrogens (tertiary/aromatic N) is 2. The van der Waals surface area contributed by atoms with Gasteiger partial charge in [-0.25, -0.2) is 0 Å². The standard InChI is InChI=1S/C10H7N2.3CH3.Sn/c1-3-7-11-9(5-1)10-6-2-4-8-12-10;;;;/h1-7H;3*1H3;. The number of hydrogen-bond donors (Lipinski definition) is 0. The van der Waals surface area contributed by atoms with Crippen molar-refractivity contribution in [2.75, 3.05) is 0 Å². The number of aromatic nitrogens is 2. The summed E-state index contributed by atoms with van der Waals surface area (Å²) < 4.78 is 1.30. The van der Waals surface area contributed by atoms with Gasteiger partial charge in [0.2, 0.25) is 0 Å². The van der Waals surface area contributed by atoms with E-state index in [1.165, 1.54) is 3.71 Å². The molecule has 0 aliphatic heterocycles. The normalized spacial score (nSPS) is 11.4. The van der Waals surface area contributed by atoms with Gasteiger partial charge in [-0.2, -0.15) is 0 Å². The van der Waals surface area contributed by atoms with Crippen molar-refractivity contribution < 1.29 is 0 Å². The zero-order chi connectivity index (χ0) is 11.6. The molecule has 0 fully saturated rings. The molecule has 0 bridgehead atoms. The first-order valence-corrected chi connectivity index (χ1v) is 15.5. The second-order valence-electron chi connectivity index (χ2n) is 4.87. The first-order chi connectivity index (χ1) is 7.57. The van der Waals surface area contributed by atoms with Crippen molar-refractivity contribution in [3.05, 3.63) is 42.6 Å². The zero-order valence-corrected chi connectivity index (χ0v) is 12.8. The third-order valence-corrected chi connectivity index (χ3v) is 7.63. The van der Waals surface area contributed by atoms with Crippen molar-refractivity contribution in [1.82, 2.24) is 9.97 Å². The molecule has 0 aliphatic rings. The van der Waals surface area contributed by atoms with E-state index in [1.54, 1.807) is 0 Å². The van der Waals surface area contributed by atoms with Crippen LogP contribution in [0.25, 0.3) is 11.4 Å². The monoisotopic (exact) mass is 320 g/mol. The van der Waals surface area contributed by atoms with E-state index in [9.17, 15) is 0 Å². The molecule has 16 heavy (non-hydrogen) atoms. The molecule has 0 unspecified atom stereocenters. The predicted molar refractivity (Wildman–Crippen MR) is 70.4 cm³/mol. The molecule has 2 aromatic heterocycles. The van der Waals surface area contributed by atoms with Gasteiger partial charge >= 0.3 is 101 Å². The van der Waals surface area contributed by atoms with Crippen LogP contribution < -0.4 is 3.71 Å². The Morgan fingerprint density at radius 3 is 2.25 bits per heavy atom. The topological polar surface area (TPSA) is 25.8 Å². The van der Waals surface area contributed by atoms with Crippen LogP contribution in [0.4, 0.5) is 0 Å². The van der Waals surface area contributed by atoms with Crippen LogP contribution >= 0.6 is 0 Å². The summed E-state index contributed by atoms with van der Waals surface area (Å²) in [6.45, 7) is 0. The maximum absolute atomic E-state index is 4.75. The summed E-state index contributed by atoms with van der Waals surface area (Å²) in [4.78, 5) is 16.2. The molecule has 0 atom stereocenters. The minimum atomic E-state index is -2.06. The van der Waals surface area contributed by atoms with Crippen molar-refractivity contribution in [3.8, 4) is 11.4 Å². The Labute approximate surface area is 101 Å². The Hall–Kier alpha value is -0.901. The van der Waals surface area contributed by atoms with Gasteiger partial charge in [-0.15, -0.1) is 0 Å². The summed E-state index contributed by atoms with van der Waals surface area (Å²) in [6, 6.07) is 12.2. The first kappa shape index (κ1) is 11.6. The minimum absolute atomic E-state index is 0.958. The van der Waals surface area contributed by atoms with E-state index in [0.717, 1.165) is 11.4 Å². The third kappa shape index (κ3) is 2.61. The summed E-state index contributed by atoms with van der Waals surface area (Å²) in [5, 5.41) is 0. The SMILES string of the molecule is [CH3][Sn]([CH3])([CH3])[c]1cccc(-c2ccccn2)n1. The van der Waals surface area contributed by atoms with Gasteiger partial charge < -0.3 is 0 Å². The molecule has 2 rings (SSSR count). The van der Waals surface area contributed by atoms with Gasteiger partial charge in [-0.3, -0.25) is 0 Å². The van der Waals surface area contributed by atoms with Crippen molar-refractivity contribution in [2.24, 2.45) is 0 Å². The fourth-order valence-electron chi connectivity index (χ4n) is 1.51. The molecule has 3 heteroatoms.